The highest BCUT2D eigenvalue weighted by Crippen LogP contribution is 2.43. The Bertz CT molecular complexity index is 1080. The molecule has 19 heteroatoms. The topological polar surface area (TPSA) is 233 Å². The molecule has 0 aromatic carbocycles. The van der Waals surface area contributed by atoms with E-state index >= 15 is 0 Å². The molecule has 1 fully saturated rings. The number of ether oxygens (including phenoxy) is 2. The lowest BCUT2D eigenvalue weighted by Crippen LogP contribution is -2.48. The van der Waals surface area contributed by atoms with E-state index in [2.05, 4.69) is 6.58 Å². The molecule has 1 aliphatic rings. The van der Waals surface area contributed by atoms with Crippen LogP contribution in [0.2, 0.25) is 0 Å². The van der Waals surface area contributed by atoms with Gasteiger partial charge in [-0.05, 0) is 6.42 Å². The molecule has 4 N–H and O–H groups in total. The van der Waals surface area contributed by atoms with Crippen molar-refractivity contribution in [2.45, 2.75) is 45.6 Å². The zero-order valence-electron chi connectivity index (χ0n) is 27.8. The molecule has 2 atom stereocenters. The molecule has 2 unspecified atom stereocenters. The van der Waals surface area contributed by atoms with E-state index in [1.165, 1.54) is 0 Å². The summed E-state index contributed by atoms with van der Waals surface area (Å²) in [7, 11) is -4.61. The van der Waals surface area contributed by atoms with Crippen LogP contribution in [0.3, 0.4) is 0 Å². The normalized spacial score (nSPS) is 18.1. The highest BCUT2D eigenvalue weighted by molar-refractivity contribution is 7.47. The Kier molecular flexibility index (Phi) is 21.0. The number of aliphatic hydroxyl groups excluding tert-OH is 1. The summed E-state index contributed by atoms with van der Waals surface area (Å²) in [5, 5.41) is 28.5. The van der Waals surface area contributed by atoms with Gasteiger partial charge < -0.3 is 29.7 Å². The molecule has 1 rings (SSSR count). The van der Waals surface area contributed by atoms with Crippen LogP contribution >= 0.6 is 7.82 Å². The summed E-state index contributed by atoms with van der Waals surface area (Å²) < 4.78 is 32.2. The Morgan fingerprint density at radius 2 is 1.17 bits per heavy atom. The number of Topliss-reactive ketones (excluding diaryl/α,β-unsaturated/α-hetero) is 1. The number of carbonyl (C=O) groups is 5. The number of rotatable bonds is 21. The largest absolute Gasteiger partial charge is 0.512 e. The molecule has 48 heavy (non-hydrogen) atoms. The number of aliphatic hydroxyl groups is 1. The van der Waals surface area contributed by atoms with Crippen molar-refractivity contribution in [1.29, 1.82) is 0 Å². The molecule has 0 aromatic heterocycles. The number of ketones is 1. The van der Waals surface area contributed by atoms with Crippen molar-refractivity contribution in [2.75, 3.05) is 98.4 Å². The Labute approximate surface area is 280 Å². The van der Waals surface area contributed by atoms with Crippen molar-refractivity contribution in [3.05, 3.63) is 12.3 Å². The van der Waals surface area contributed by atoms with Crippen molar-refractivity contribution >= 4 is 37.5 Å². The van der Waals surface area contributed by atoms with Gasteiger partial charge >= 0.3 is 31.7 Å². The van der Waals surface area contributed by atoms with Gasteiger partial charge in [0.25, 0.3) is 0 Å². The zero-order valence-corrected chi connectivity index (χ0v) is 28.7. The van der Waals surface area contributed by atoms with Crippen LogP contribution in [0.25, 0.3) is 0 Å². The van der Waals surface area contributed by atoms with Gasteiger partial charge in [0.05, 0.1) is 45.2 Å². The number of hydrogen-bond acceptors (Lipinski definition) is 15. The van der Waals surface area contributed by atoms with E-state index in [0.717, 1.165) is 0 Å². The molecule has 0 aliphatic carbocycles. The highest BCUT2D eigenvalue weighted by atomic mass is 31.2. The summed E-state index contributed by atoms with van der Waals surface area (Å²) in [6, 6.07) is 0. The minimum atomic E-state index is -4.61. The number of phosphoric ester groups is 1. The number of hydrogen-bond donors (Lipinski definition) is 4. The smallest absolute Gasteiger partial charge is 0.472 e. The first-order chi connectivity index (χ1) is 22.6. The van der Waals surface area contributed by atoms with E-state index in [4.69, 9.17) is 18.5 Å². The van der Waals surface area contributed by atoms with Gasteiger partial charge in [-0.2, -0.15) is 0 Å². The van der Waals surface area contributed by atoms with Gasteiger partial charge in [-0.15, -0.1) is 0 Å². The summed E-state index contributed by atoms with van der Waals surface area (Å²) in [6.07, 6.45) is -0.958. The minimum absolute atomic E-state index is 0.0160. The molecular formula is C29H51N4O14P. The van der Waals surface area contributed by atoms with E-state index in [-0.39, 0.29) is 76.6 Å². The van der Waals surface area contributed by atoms with Crippen LogP contribution in [0, 0.1) is 0 Å². The van der Waals surface area contributed by atoms with E-state index in [9.17, 15) is 48.8 Å². The Hall–Kier alpha value is -2.96. The third-order valence-corrected chi connectivity index (χ3v) is 8.02. The maximum atomic E-state index is 12.9. The molecule has 18 nitrogen and oxygen atoms in total. The van der Waals surface area contributed by atoms with E-state index in [0.29, 0.717) is 52.4 Å². The van der Waals surface area contributed by atoms with Gasteiger partial charge in [0, 0.05) is 71.6 Å². The van der Waals surface area contributed by atoms with Crippen molar-refractivity contribution in [3.63, 3.8) is 0 Å². The van der Waals surface area contributed by atoms with Crippen molar-refractivity contribution in [1.82, 2.24) is 19.6 Å². The Morgan fingerprint density at radius 1 is 0.708 bits per heavy atom. The molecule has 1 aliphatic heterocycles. The number of aliphatic carboxylic acids is 2. The second kappa shape index (κ2) is 23.4. The maximum Gasteiger partial charge on any atom is 0.472 e. The van der Waals surface area contributed by atoms with Gasteiger partial charge in [-0.1, -0.05) is 20.4 Å². The Morgan fingerprint density at radius 3 is 1.60 bits per heavy atom. The first kappa shape index (κ1) is 43.1. The summed E-state index contributed by atoms with van der Waals surface area (Å²) in [4.78, 5) is 76.1. The second-order valence-corrected chi connectivity index (χ2v) is 12.7. The second-order valence-electron chi connectivity index (χ2n) is 11.2. The average molecular weight is 711 g/mol. The quantitative estimate of drug-likeness (QED) is 0.0539. The minimum Gasteiger partial charge on any atom is -0.512 e. The van der Waals surface area contributed by atoms with Crippen molar-refractivity contribution in [2.24, 2.45) is 0 Å². The fraction of sp³-hybridized carbons (Fsp3) is 0.759. The van der Waals surface area contributed by atoms with Crippen LogP contribution in [-0.4, -0.2) is 174 Å². The van der Waals surface area contributed by atoms with Gasteiger partial charge in [-0.3, -0.25) is 52.6 Å². The average Bonchev–Trinajstić information content (AvgIpc) is 3.00. The molecule has 1 saturated heterocycles. The summed E-state index contributed by atoms with van der Waals surface area (Å²) in [6.45, 7) is 7.86. The van der Waals surface area contributed by atoms with Crippen LogP contribution in [0.4, 0.5) is 0 Å². The maximum absolute atomic E-state index is 12.9. The first-order valence-corrected chi connectivity index (χ1v) is 17.3. The molecule has 0 saturated carbocycles. The molecule has 0 spiro atoms. The van der Waals surface area contributed by atoms with Crippen LogP contribution in [0.1, 0.15) is 39.5 Å². The van der Waals surface area contributed by atoms with E-state index in [1.807, 2.05) is 9.80 Å². The monoisotopic (exact) mass is 710 g/mol. The number of esters is 2. The molecule has 0 aromatic rings. The summed E-state index contributed by atoms with van der Waals surface area (Å²) in [5.41, 5.74) is 0. The van der Waals surface area contributed by atoms with Gasteiger partial charge in [0.2, 0.25) is 0 Å². The fourth-order valence-corrected chi connectivity index (χ4v) is 5.31. The predicted octanol–water partition coefficient (Wildman–Crippen LogP) is 0.207. The van der Waals surface area contributed by atoms with Crippen molar-refractivity contribution in [3.8, 4) is 0 Å². The third-order valence-electron chi connectivity index (χ3n) is 7.04. The first-order valence-electron chi connectivity index (χ1n) is 15.8. The number of carboxylic acids is 2. The van der Waals surface area contributed by atoms with Gasteiger partial charge in [0.15, 0.2) is 6.10 Å². The van der Waals surface area contributed by atoms with Gasteiger partial charge in [-0.25, -0.2) is 4.57 Å². The van der Waals surface area contributed by atoms with Gasteiger partial charge in [0.1, 0.15) is 12.4 Å². The lowest BCUT2D eigenvalue weighted by Gasteiger charge is -2.33. The summed E-state index contributed by atoms with van der Waals surface area (Å²) >= 11 is 0. The molecule has 0 radical (unpaired) electrons. The Balaban J connectivity index is 2.74. The lowest BCUT2D eigenvalue weighted by atomic mass is 10.2. The highest BCUT2D eigenvalue weighted by Gasteiger charge is 2.26. The number of phosphoric acid groups is 1. The summed E-state index contributed by atoms with van der Waals surface area (Å²) in [5.74, 6) is -3.49. The third kappa shape index (κ3) is 21.1. The lowest BCUT2D eigenvalue weighted by molar-refractivity contribution is -0.160. The zero-order chi connectivity index (χ0) is 36.1. The number of carbonyl (C=O) groups excluding carboxylic acids is 3. The predicted molar refractivity (Wildman–Crippen MR) is 170 cm³/mol. The molecule has 0 bridgehead atoms. The van der Waals surface area contributed by atoms with Crippen LogP contribution in [-0.2, 0) is 47.1 Å². The van der Waals surface area contributed by atoms with Crippen LogP contribution in [0.5, 0.6) is 0 Å². The van der Waals surface area contributed by atoms with E-state index < -0.39 is 44.4 Å². The van der Waals surface area contributed by atoms with Crippen LogP contribution in [0.15, 0.2) is 12.3 Å². The standard InChI is InChI=1S/C29H51N4O14P/c1-4-28(40)44-21-25(47-29(41)5-2)22-46-48(42,43)45-16-6-7-24(35)18-31-10-14-32(19-26(36)37)12-8-30(17-23(3)34)9-13-33(15-11-31)20-27(38)39/h25,34H,3-22H2,1-2H3,(H,36,37)(H,38,39)(H,42,43). The van der Waals surface area contributed by atoms with E-state index in [1.54, 1.807) is 23.6 Å². The number of nitrogens with zero attached hydrogens (tertiary/aromatic N) is 4. The molecule has 0 amide bonds. The SMILES string of the molecule is C=C(O)CN1CCN(CC(=O)O)CCN(CC(=O)CCCOP(=O)(O)OCC(COC(=O)CC)OC(=O)CC)CCN(CC(=O)O)CC1. The molecule has 276 valence electrons. The molecular weight excluding hydrogens is 659 g/mol. The number of carboxylic acid groups (broad SMARTS) is 2. The molecule has 1 heterocycles. The van der Waals surface area contributed by atoms with Crippen molar-refractivity contribution < 1.29 is 67.3 Å². The van der Waals surface area contributed by atoms with Crippen LogP contribution < -0.4 is 0 Å². The fourth-order valence-electron chi connectivity index (χ4n) is 4.52.